The van der Waals surface area contributed by atoms with E-state index in [1.54, 1.807) is 43.2 Å². The van der Waals surface area contributed by atoms with Gasteiger partial charge in [0.25, 0.3) is 0 Å². The predicted molar refractivity (Wildman–Crippen MR) is 94.8 cm³/mol. The molecular weight excluding hydrogens is 328 g/mol. The fourth-order valence-electron chi connectivity index (χ4n) is 3.19. The Kier molecular flexibility index (Phi) is 5.74. The zero-order chi connectivity index (χ0) is 17.9. The normalized spacial score (nSPS) is 19.7. The first-order valence-electron chi connectivity index (χ1n) is 8.16. The molecule has 0 spiro atoms. The second-order valence-electron chi connectivity index (χ2n) is 6.46. The molecule has 0 aliphatic carbocycles. The van der Waals surface area contributed by atoms with Crippen LogP contribution in [0.25, 0.3) is 0 Å². The Morgan fingerprint density at radius 1 is 1.33 bits per heavy atom. The van der Waals surface area contributed by atoms with Crippen molar-refractivity contribution in [3.63, 3.8) is 0 Å². The summed E-state index contributed by atoms with van der Waals surface area (Å²) in [6.07, 6.45) is 3.19. The van der Waals surface area contributed by atoms with Gasteiger partial charge in [0.15, 0.2) is 0 Å². The Bertz CT molecular complexity index is 672. The summed E-state index contributed by atoms with van der Waals surface area (Å²) in [5.74, 6) is 0.932. The van der Waals surface area contributed by atoms with Gasteiger partial charge in [-0.05, 0) is 49.9 Å². The van der Waals surface area contributed by atoms with Crippen LogP contribution in [-0.4, -0.2) is 51.7 Å². The molecule has 0 bridgehead atoms. The average molecular weight is 354 g/mol. The number of piperidine rings is 1. The zero-order valence-electron chi connectivity index (χ0n) is 14.7. The van der Waals surface area contributed by atoms with Gasteiger partial charge in [-0.3, -0.25) is 9.10 Å². The van der Waals surface area contributed by atoms with Gasteiger partial charge >= 0.3 is 0 Å². The van der Waals surface area contributed by atoms with Crippen molar-refractivity contribution < 1.29 is 17.9 Å². The minimum absolute atomic E-state index is 0.150. The standard InChI is InChI=1S/C17H26N2O4S/c1-13-6-5-11-18(12-13)17(20)14(2)19(24(4,21)22)15-7-9-16(23-3)10-8-15/h7-10,13-14H,5-6,11-12H2,1-4H3/t13-,14+/m1/s1. The average Bonchev–Trinajstić information content (AvgIpc) is 2.53. The third-order valence-corrected chi connectivity index (χ3v) is 5.60. The molecule has 0 N–H and O–H groups in total. The maximum atomic E-state index is 12.8. The smallest absolute Gasteiger partial charge is 0.246 e. The van der Waals surface area contributed by atoms with Crippen molar-refractivity contribution in [1.82, 2.24) is 4.90 Å². The van der Waals surface area contributed by atoms with Gasteiger partial charge in [0.05, 0.1) is 19.1 Å². The molecule has 0 saturated carbocycles. The van der Waals surface area contributed by atoms with Gasteiger partial charge in [-0.1, -0.05) is 6.92 Å². The minimum atomic E-state index is -3.59. The van der Waals surface area contributed by atoms with Gasteiger partial charge in [-0.2, -0.15) is 0 Å². The highest BCUT2D eigenvalue weighted by Crippen LogP contribution is 2.25. The third-order valence-electron chi connectivity index (χ3n) is 4.36. The lowest BCUT2D eigenvalue weighted by Gasteiger charge is -2.36. The SMILES string of the molecule is COc1ccc(N([C@@H](C)C(=O)N2CCC[C@@H](C)C2)S(C)(=O)=O)cc1. The molecule has 1 fully saturated rings. The molecule has 134 valence electrons. The maximum absolute atomic E-state index is 12.8. The molecule has 0 unspecified atom stereocenters. The van der Waals surface area contributed by atoms with Crippen LogP contribution in [0, 0.1) is 5.92 Å². The molecule has 1 aromatic rings. The maximum Gasteiger partial charge on any atom is 0.246 e. The van der Waals surface area contributed by atoms with Crippen molar-refractivity contribution in [3.8, 4) is 5.75 Å². The Labute approximate surface area is 144 Å². The number of nitrogens with zero attached hydrogens (tertiary/aromatic N) is 2. The molecule has 1 aliphatic rings. The molecule has 1 amide bonds. The van der Waals surface area contributed by atoms with E-state index in [1.165, 1.54) is 4.31 Å². The van der Waals surface area contributed by atoms with Crippen molar-refractivity contribution in [3.05, 3.63) is 24.3 Å². The van der Waals surface area contributed by atoms with Gasteiger partial charge < -0.3 is 9.64 Å². The minimum Gasteiger partial charge on any atom is -0.497 e. The second-order valence-corrected chi connectivity index (χ2v) is 8.32. The molecule has 2 rings (SSSR count). The summed E-state index contributed by atoms with van der Waals surface area (Å²) in [7, 11) is -2.04. The molecule has 2 atom stereocenters. The monoisotopic (exact) mass is 354 g/mol. The number of sulfonamides is 1. The summed E-state index contributed by atoms with van der Waals surface area (Å²) in [6, 6.07) is 5.91. The number of hydrogen-bond donors (Lipinski definition) is 0. The summed E-state index contributed by atoms with van der Waals surface area (Å²) >= 11 is 0. The number of rotatable bonds is 5. The molecule has 1 saturated heterocycles. The number of hydrogen-bond acceptors (Lipinski definition) is 4. The number of amides is 1. The molecule has 1 heterocycles. The summed E-state index contributed by atoms with van der Waals surface area (Å²) in [4.78, 5) is 14.6. The zero-order valence-corrected chi connectivity index (χ0v) is 15.5. The molecule has 1 aliphatic heterocycles. The van der Waals surface area contributed by atoms with Crippen molar-refractivity contribution in [2.45, 2.75) is 32.7 Å². The topological polar surface area (TPSA) is 66.9 Å². The summed E-state index contributed by atoms with van der Waals surface area (Å²) in [6.45, 7) is 5.13. The number of methoxy groups -OCH3 is 1. The van der Waals surface area contributed by atoms with E-state index in [4.69, 9.17) is 4.74 Å². The van der Waals surface area contributed by atoms with Crippen LogP contribution in [0.15, 0.2) is 24.3 Å². The Balaban J connectivity index is 2.28. The van der Waals surface area contributed by atoms with E-state index in [9.17, 15) is 13.2 Å². The van der Waals surface area contributed by atoms with Gasteiger partial charge in [-0.15, -0.1) is 0 Å². The van der Waals surface area contributed by atoms with E-state index in [0.29, 0.717) is 30.4 Å². The summed E-state index contributed by atoms with van der Waals surface area (Å²) in [5.41, 5.74) is 0.462. The van der Waals surface area contributed by atoms with Crippen LogP contribution in [-0.2, 0) is 14.8 Å². The highest BCUT2D eigenvalue weighted by atomic mass is 32.2. The molecule has 0 radical (unpaired) electrons. The Morgan fingerprint density at radius 3 is 2.46 bits per heavy atom. The van der Waals surface area contributed by atoms with Gasteiger partial charge in [0.1, 0.15) is 11.8 Å². The van der Waals surface area contributed by atoms with Crippen LogP contribution >= 0.6 is 0 Å². The van der Waals surface area contributed by atoms with Crippen molar-refractivity contribution in [2.75, 3.05) is 30.8 Å². The fourth-order valence-corrected chi connectivity index (χ4v) is 4.35. The first kappa shape index (κ1) is 18.6. The molecular formula is C17H26N2O4S. The van der Waals surface area contributed by atoms with Gasteiger partial charge in [-0.25, -0.2) is 8.42 Å². The number of ether oxygens (including phenoxy) is 1. The number of carbonyl (C=O) groups excluding carboxylic acids is 1. The van der Waals surface area contributed by atoms with Crippen molar-refractivity contribution in [2.24, 2.45) is 5.92 Å². The third kappa shape index (κ3) is 4.20. The summed E-state index contributed by atoms with van der Waals surface area (Å²) < 4.78 is 30.9. The van der Waals surface area contributed by atoms with Gasteiger partial charge in [0.2, 0.25) is 15.9 Å². The quantitative estimate of drug-likeness (QED) is 0.812. The highest BCUT2D eigenvalue weighted by molar-refractivity contribution is 7.92. The lowest BCUT2D eigenvalue weighted by molar-refractivity contribution is -0.133. The second kappa shape index (κ2) is 7.42. The number of anilines is 1. The Hall–Kier alpha value is -1.76. The number of benzene rings is 1. The Morgan fingerprint density at radius 2 is 1.96 bits per heavy atom. The van der Waals surface area contributed by atoms with Crippen LogP contribution in [0.1, 0.15) is 26.7 Å². The van der Waals surface area contributed by atoms with E-state index in [0.717, 1.165) is 19.1 Å². The van der Waals surface area contributed by atoms with Crippen molar-refractivity contribution in [1.29, 1.82) is 0 Å². The molecule has 1 aromatic carbocycles. The van der Waals surface area contributed by atoms with Crippen molar-refractivity contribution >= 4 is 21.6 Å². The first-order chi connectivity index (χ1) is 11.2. The summed E-state index contributed by atoms with van der Waals surface area (Å²) in [5, 5.41) is 0. The highest BCUT2D eigenvalue weighted by Gasteiger charge is 2.33. The number of likely N-dealkylation sites (tertiary alicyclic amines) is 1. The first-order valence-corrected chi connectivity index (χ1v) is 10.0. The van der Waals surface area contributed by atoms with Crippen LogP contribution in [0.3, 0.4) is 0 Å². The van der Waals surface area contributed by atoms with E-state index < -0.39 is 16.1 Å². The molecule has 24 heavy (non-hydrogen) atoms. The lowest BCUT2D eigenvalue weighted by Crippen LogP contribution is -2.51. The van der Waals surface area contributed by atoms with Crippen LogP contribution < -0.4 is 9.04 Å². The fraction of sp³-hybridized carbons (Fsp3) is 0.588. The van der Waals surface area contributed by atoms with E-state index in [-0.39, 0.29) is 5.91 Å². The molecule has 6 nitrogen and oxygen atoms in total. The van der Waals surface area contributed by atoms with E-state index in [2.05, 4.69) is 6.92 Å². The van der Waals surface area contributed by atoms with E-state index in [1.807, 2.05) is 0 Å². The van der Waals surface area contributed by atoms with E-state index >= 15 is 0 Å². The van der Waals surface area contributed by atoms with Gasteiger partial charge in [0, 0.05) is 13.1 Å². The predicted octanol–water partition coefficient (Wildman–Crippen LogP) is 2.11. The van der Waals surface area contributed by atoms with Crippen LogP contribution in [0.5, 0.6) is 5.75 Å². The molecule has 0 aromatic heterocycles. The lowest BCUT2D eigenvalue weighted by atomic mass is 10.00. The largest absolute Gasteiger partial charge is 0.497 e. The van der Waals surface area contributed by atoms with Crippen LogP contribution in [0.2, 0.25) is 0 Å². The van der Waals surface area contributed by atoms with Crippen LogP contribution in [0.4, 0.5) is 5.69 Å². The number of carbonyl (C=O) groups is 1. The molecule has 7 heteroatoms.